The fourth-order valence-electron chi connectivity index (χ4n) is 2.01. The Kier molecular flexibility index (Phi) is 4.26. The predicted octanol–water partition coefficient (Wildman–Crippen LogP) is 0.641. The molecule has 0 bridgehead atoms. The molecule has 1 aliphatic heterocycles. The second kappa shape index (κ2) is 5.73. The third-order valence-corrected chi connectivity index (χ3v) is 4.32. The highest BCUT2D eigenvalue weighted by Gasteiger charge is 2.21. The van der Waals surface area contributed by atoms with E-state index >= 15 is 0 Å². The fourth-order valence-corrected chi connectivity index (χ4v) is 3.06. The standard InChI is InChI=1S/C11H16FN3O2S/c12-10-4-2-7-14-11(10)18(16,17)15-8-5-9-3-1-6-13-9/h2,4,7,9,13,15H,1,3,5-6,8H2/t9-/m1/s1. The molecule has 0 aromatic carbocycles. The molecule has 0 aliphatic carbocycles. The minimum atomic E-state index is -3.85. The Morgan fingerprint density at radius 2 is 2.39 bits per heavy atom. The minimum absolute atomic E-state index is 0.288. The normalized spacial score (nSPS) is 20.2. The van der Waals surface area contributed by atoms with E-state index in [-0.39, 0.29) is 6.54 Å². The summed E-state index contributed by atoms with van der Waals surface area (Å²) in [5.74, 6) is -0.830. The molecule has 1 atom stereocenters. The van der Waals surface area contributed by atoms with E-state index in [0.29, 0.717) is 12.5 Å². The van der Waals surface area contributed by atoms with Crippen LogP contribution in [0.25, 0.3) is 0 Å². The highest BCUT2D eigenvalue weighted by atomic mass is 32.2. The predicted molar refractivity (Wildman–Crippen MR) is 65.0 cm³/mol. The van der Waals surface area contributed by atoms with Gasteiger partial charge in [0.2, 0.25) is 5.03 Å². The molecule has 0 radical (unpaired) electrons. The lowest BCUT2D eigenvalue weighted by Crippen LogP contribution is -2.31. The lowest BCUT2D eigenvalue weighted by molar-refractivity contribution is 0.526. The van der Waals surface area contributed by atoms with Crippen molar-refractivity contribution in [3.8, 4) is 0 Å². The molecule has 1 fully saturated rings. The summed E-state index contributed by atoms with van der Waals surface area (Å²) >= 11 is 0. The van der Waals surface area contributed by atoms with Crippen LogP contribution >= 0.6 is 0 Å². The maximum Gasteiger partial charge on any atom is 0.261 e. The maximum atomic E-state index is 13.3. The number of hydrogen-bond donors (Lipinski definition) is 2. The molecule has 0 spiro atoms. The van der Waals surface area contributed by atoms with Crippen LogP contribution in [-0.4, -0.2) is 32.5 Å². The van der Waals surface area contributed by atoms with E-state index in [0.717, 1.165) is 25.5 Å². The third-order valence-electron chi connectivity index (χ3n) is 2.93. The van der Waals surface area contributed by atoms with E-state index in [1.807, 2.05) is 0 Å². The van der Waals surface area contributed by atoms with Crippen LogP contribution in [0.4, 0.5) is 4.39 Å². The van der Waals surface area contributed by atoms with Crippen molar-refractivity contribution in [2.75, 3.05) is 13.1 Å². The summed E-state index contributed by atoms with van der Waals surface area (Å²) in [5.41, 5.74) is 0. The van der Waals surface area contributed by atoms with E-state index in [2.05, 4.69) is 15.0 Å². The van der Waals surface area contributed by atoms with Crippen LogP contribution in [0.2, 0.25) is 0 Å². The van der Waals surface area contributed by atoms with Gasteiger partial charge in [0.05, 0.1) is 0 Å². The summed E-state index contributed by atoms with van der Waals surface area (Å²) in [5, 5.41) is 2.73. The smallest absolute Gasteiger partial charge is 0.261 e. The van der Waals surface area contributed by atoms with E-state index in [4.69, 9.17) is 0 Å². The Hall–Kier alpha value is -1.05. The topological polar surface area (TPSA) is 71.1 Å². The van der Waals surface area contributed by atoms with Gasteiger partial charge in [-0.15, -0.1) is 0 Å². The summed E-state index contributed by atoms with van der Waals surface area (Å²) in [6.07, 6.45) is 4.13. The van der Waals surface area contributed by atoms with Crippen LogP contribution < -0.4 is 10.0 Å². The van der Waals surface area contributed by atoms with Crippen molar-refractivity contribution in [3.05, 3.63) is 24.1 Å². The highest BCUT2D eigenvalue weighted by molar-refractivity contribution is 7.89. The molecule has 5 nitrogen and oxygen atoms in total. The molecule has 1 aliphatic rings. The number of hydrogen-bond acceptors (Lipinski definition) is 4. The van der Waals surface area contributed by atoms with Crippen molar-refractivity contribution < 1.29 is 12.8 Å². The molecule has 7 heteroatoms. The second-order valence-electron chi connectivity index (χ2n) is 4.27. The van der Waals surface area contributed by atoms with E-state index in [9.17, 15) is 12.8 Å². The van der Waals surface area contributed by atoms with Gasteiger partial charge in [-0.25, -0.2) is 22.5 Å². The van der Waals surface area contributed by atoms with Crippen molar-refractivity contribution in [1.29, 1.82) is 0 Å². The molecule has 18 heavy (non-hydrogen) atoms. The van der Waals surface area contributed by atoms with Crippen molar-refractivity contribution in [2.45, 2.75) is 30.3 Å². The average Bonchev–Trinajstić information content (AvgIpc) is 2.82. The van der Waals surface area contributed by atoms with Crippen molar-refractivity contribution in [3.63, 3.8) is 0 Å². The third kappa shape index (κ3) is 3.24. The Labute approximate surface area is 106 Å². The van der Waals surface area contributed by atoms with Gasteiger partial charge in [0.1, 0.15) is 0 Å². The first-order valence-electron chi connectivity index (χ1n) is 5.93. The summed E-state index contributed by atoms with van der Waals surface area (Å²) in [4.78, 5) is 3.56. The van der Waals surface area contributed by atoms with Crippen molar-refractivity contribution >= 4 is 10.0 Å². The molecule has 0 saturated carbocycles. The molecule has 1 aromatic rings. The minimum Gasteiger partial charge on any atom is -0.314 e. The molecular formula is C11H16FN3O2S. The molecular weight excluding hydrogens is 257 g/mol. The number of aromatic nitrogens is 1. The number of nitrogens with zero attached hydrogens (tertiary/aromatic N) is 1. The van der Waals surface area contributed by atoms with Crippen molar-refractivity contribution in [2.24, 2.45) is 0 Å². The number of pyridine rings is 1. The number of sulfonamides is 1. The zero-order valence-electron chi connectivity index (χ0n) is 9.89. The first-order valence-corrected chi connectivity index (χ1v) is 7.41. The van der Waals surface area contributed by atoms with Crippen molar-refractivity contribution in [1.82, 2.24) is 15.0 Å². The zero-order valence-corrected chi connectivity index (χ0v) is 10.7. The SMILES string of the molecule is O=S(=O)(NCC[C@H]1CCCN1)c1ncccc1F. The van der Waals surface area contributed by atoms with Crippen LogP contribution in [0.15, 0.2) is 23.4 Å². The van der Waals surface area contributed by atoms with Gasteiger partial charge < -0.3 is 5.32 Å². The average molecular weight is 273 g/mol. The molecule has 100 valence electrons. The van der Waals surface area contributed by atoms with E-state index in [1.165, 1.54) is 12.3 Å². The summed E-state index contributed by atoms with van der Waals surface area (Å²) in [6, 6.07) is 2.79. The van der Waals surface area contributed by atoms with Gasteiger partial charge in [0.25, 0.3) is 10.0 Å². The van der Waals surface area contributed by atoms with Gasteiger partial charge in [-0.05, 0) is 37.9 Å². The number of rotatable bonds is 5. The van der Waals surface area contributed by atoms with Gasteiger partial charge >= 0.3 is 0 Å². The summed E-state index contributed by atoms with van der Waals surface area (Å²) < 4.78 is 39.3. The van der Waals surface area contributed by atoms with Gasteiger partial charge in [0.15, 0.2) is 5.82 Å². The van der Waals surface area contributed by atoms with Crippen LogP contribution in [0.5, 0.6) is 0 Å². The molecule has 2 heterocycles. The summed E-state index contributed by atoms with van der Waals surface area (Å²) in [7, 11) is -3.85. The first-order chi connectivity index (χ1) is 8.59. The number of nitrogens with one attached hydrogen (secondary N) is 2. The quantitative estimate of drug-likeness (QED) is 0.826. The summed E-state index contributed by atoms with van der Waals surface area (Å²) in [6.45, 7) is 1.27. The van der Waals surface area contributed by atoms with E-state index < -0.39 is 20.9 Å². The van der Waals surface area contributed by atoms with Gasteiger partial charge in [0, 0.05) is 18.8 Å². The monoisotopic (exact) mass is 273 g/mol. The number of halogens is 1. The van der Waals surface area contributed by atoms with Crippen LogP contribution in [0.1, 0.15) is 19.3 Å². The molecule has 0 amide bonds. The molecule has 0 unspecified atom stereocenters. The van der Waals surface area contributed by atoms with Crippen LogP contribution in [0, 0.1) is 5.82 Å². The van der Waals surface area contributed by atoms with Gasteiger partial charge in [-0.1, -0.05) is 0 Å². The molecule has 1 aromatic heterocycles. The Morgan fingerprint density at radius 3 is 3.06 bits per heavy atom. The Bertz CT molecular complexity index is 501. The highest BCUT2D eigenvalue weighted by Crippen LogP contribution is 2.11. The maximum absolute atomic E-state index is 13.3. The zero-order chi connectivity index (χ0) is 13.0. The lowest BCUT2D eigenvalue weighted by Gasteiger charge is -2.11. The fraction of sp³-hybridized carbons (Fsp3) is 0.545. The van der Waals surface area contributed by atoms with Crippen LogP contribution in [0.3, 0.4) is 0 Å². The second-order valence-corrected chi connectivity index (χ2v) is 5.95. The van der Waals surface area contributed by atoms with Gasteiger partial charge in [-0.2, -0.15) is 0 Å². The Balaban J connectivity index is 1.93. The largest absolute Gasteiger partial charge is 0.314 e. The van der Waals surface area contributed by atoms with Crippen LogP contribution in [-0.2, 0) is 10.0 Å². The lowest BCUT2D eigenvalue weighted by atomic mass is 10.2. The molecule has 2 rings (SSSR count). The first kappa shape index (κ1) is 13.4. The Morgan fingerprint density at radius 1 is 1.56 bits per heavy atom. The van der Waals surface area contributed by atoms with E-state index in [1.54, 1.807) is 0 Å². The van der Waals surface area contributed by atoms with Gasteiger partial charge in [-0.3, -0.25) is 0 Å². The molecule has 1 saturated heterocycles. The molecule has 2 N–H and O–H groups in total.